The summed E-state index contributed by atoms with van der Waals surface area (Å²) >= 11 is 0. The highest BCUT2D eigenvalue weighted by Gasteiger charge is 2.16. The first-order valence-corrected chi connectivity index (χ1v) is 6.39. The number of hydrogen-bond donors (Lipinski definition) is 1. The molecule has 2 rings (SSSR count). The zero-order chi connectivity index (χ0) is 14.5. The summed E-state index contributed by atoms with van der Waals surface area (Å²) in [6.07, 6.45) is 0. The molecule has 1 amide bonds. The van der Waals surface area contributed by atoms with Crippen molar-refractivity contribution in [2.45, 2.75) is 19.9 Å². The minimum Gasteiger partial charge on any atom is -0.457 e. The summed E-state index contributed by atoms with van der Waals surface area (Å²) in [6, 6.07) is 16.3. The SMILES string of the molecule is CC(=O)N(O)C(C)c1cccc(Oc2ccccc2)c1. The fourth-order valence-corrected chi connectivity index (χ4v) is 1.88. The number of amides is 1. The highest BCUT2D eigenvalue weighted by atomic mass is 16.5. The zero-order valence-electron chi connectivity index (χ0n) is 11.5. The Balaban J connectivity index is 2.18. The molecule has 1 N–H and O–H groups in total. The zero-order valence-corrected chi connectivity index (χ0v) is 11.5. The molecule has 0 aliphatic heterocycles. The lowest BCUT2D eigenvalue weighted by atomic mass is 10.1. The van der Waals surface area contributed by atoms with Crippen molar-refractivity contribution in [2.24, 2.45) is 0 Å². The summed E-state index contributed by atoms with van der Waals surface area (Å²) in [6.45, 7) is 3.07. The standard InChI is InChI=1S/C16H17NO3/c1-12(17(19)13(2)18)14-7-6-10-16(11-14)20-15-8-4-3-5-9-15/h3-12,19H,1-2H3. The third kappa shape index (κ3) is 3.36. The number of hydrogen-bond acceptors (Lipinski definition) is 3. The Bertz CT molecular complexity index is 583. The second-order valence-corrected chi connectivity index (χ2v) is 4.53. The molecule has 0 heterocycles. The second-order valence-electron chi connectivity index (χ2n) is 4.53. The molecule has 0 bridgehead atoms. The quantitative estimate of drug-likeness (QED) is 0.680. The van der Waals surface area contributed by atoms with Crippen LogP contribution in [0.1, 0.15) is 25.5 Å². The Hall–Kier alpha value is -2.33. The maximum Gasteiger partial charge on any atom is 0.243 e. The van der Waals surface area contributed by atoms with Gasteiger partial charge in [-0.05, 0) is 36.8 Å². The van der Waals surface area contributed by atoms with Crippen LogP contribution < -0.4 is 4.74 Å². The van der Waals surface area contributed by atoms with Gasteiger partial charge in [-0.15, -0.1) is 0 Å². The van der Waals surface area contributed by atoms with E-state index >= 15 is 0 Å². The molecule has 0 aromatic heterocycles. The highest BCUT2D eigenvalue weighted by molar-refractivity contribution is 5.72. The van der Waals surface area contributed by atoms with E-state index in [0.29, 0.717) is 10.8 Å². The molecule has 1 atom stereocenters. The summed E-state index contributed by atoms with van der Waals surface area (Å²) in [4.78, 5) is 11.2. The van der Waals surface area contributed by atoms with Gasteiger partial charge in [0.2, 0.25) is 5.91 Å². The van der Waals surface area contributed by atoms with Gasteiger partial charge in [0.15, 0.2) is 0 Å². The molecule has 0 saturated carbocycles. The van der Waals surface area contributed by atoms with E-state index in [1.54, 1.807) is 6.92 Å². The van der Waals surface area contributed by atoms with Crippen LogP contribution in [0, 0.1) is 0 Å². The first-order valence-electron chi connectivity index (χ1n) is 6.39. The van der Waals surface area contributed by atoms with Crippen LogP contribution in [0.3, 0.4) is 0 Å². The molecule has 0 saturated heterocycles. The van der Waals surface area contributed by atoms with Crippen LogP contribution in [0.15, 0.2) is 54.6 Å². The van der Waals surface area contributed by atoms with E-state index in [9.17, 15) is 10.0 Å². The number of nitrogens with zero attached hydrogens (tertiary/aromatic N) is 1. The van der Waals surface area contributed by atoms with Gasteiger partial charge in [-0.3, -0.25) is 10.0 Å². The Morgan fingerprint density at radius 1 is 1.10 bits per heavy atom. The predicted molar refractivity (Wildman–Crippen MR) is 75.7 cm³/mol. The van der Waals surface area contributed by atoms with Gasteiger partial charge in [0.25, 0.3) is 0 Å². The van der Waals surface area contributed by atoms with Crippen molar-refractivity contribution in [3.8, 4) is 11.5 Å². The third-order valence-electron chi connectivity index (χ3n) is 3.01. The van der Waals surface area contributed by atoms with Crippen LogP contribution in [-0.4, -0.2) is 16.2 Å². The maximum atomic E-state index is 11.2. The highest BCUT2D eigenvalue weighted by Crippen LogP contribution is 2.26. The molecule has 20 heavy (non-hydrogen) atoms. The van der Waals surface area contributed by atoms with Gasteiger partial charge in [-0.2, -0.15) is 0 Å². The molecule has 104 valence electrons. The van der Waals surface area contributed by atoms with Crippen LogP contribution in [0.4, 0.5) is 0 Å². The largest absolute Gasteiger partial charge is 0.457 e. The molecule has 4 heteroatoms. The first-order chi connectivity index (χ1) is 9.58. The number of hydroxylamine groups is 2. The normalized spacial score (nSPS) is 11.8. The van der Waals surface area contributed by atoms with Crippen LogP contribution in [0.2, 0.25) is 0 Å². The smallest absolute Gasteiger partial charge is 0.243 e. The number of benzene rings is 2. The van der Waals surface area contributed by atoms with Crippen molar-refractivity contribution in [3.05, 3.63) is 60.2 Å². The van der Waals surface area contributed by atoms with Gasteiger partial charge < -0.3 is 4.74 Å². The van der Waals surface area contributed by atoms with Gasteiger partial charge in [0.05, 0.1) is 6.04 Å². The summed E-state index contributed by atoms with van der Waals surface area (Å²) in [5.74, 6) is 1.01. The number of ether oxygens (including phenoxy) is 1. The van der Waals surface area contributed by atoms with Gasteiger partial charge in [0, 0.05) is 6.92 Å². The lowest BCUT2D eigenvalue weighted by molar-refractivity contribution is -0.172. The van der Waals surface area contributed by atoms with Crippen LogP contribution >= 0.6 is 0 Å². The molecule has 2 aromatic carbocycles. The van der Waals surface area contributed by atoms with E-state index in [-0.39, 0.29) is 0 Å². The number of para-hydroxylation sites is 1. The Labute approximate surface area is 118 Å². The van der Waals surface area contributed by atoms with Crippen LogP contribution in [0.5, 0.6) is 11.5 Å². The molecule has 0 spiro atoms. The third-order valence-corrected chi connectivity index (χ3v) is 3.01. The van der Waals surface area contributed by atoms with E-state index in [2.05, 4.69) is 0 Å². The van der Waals surface area contributed by atoms with Gasteiger partial charge in [-0.25, -0.2) is 5.06 Å². The van der Waals surface area contributed by atoms with Crippen LogP contribution in [-0.2, 0) is 4.79 Å². The molecule has 0 radical (unpaired) electrons. The predicted octanol–water partition coefficient (Wildman–Crippen LogP) is 3.78. The average molecular weight is 271 g/mol. The van der Waals surface area contributed by atoms with E-state index in [4.69, 9.17) is 4.74 Å². The average Bonchev–Trinajstić information content (AvgIpc) is 2.47. The molecule has 1 unspecified atom stereocenters. The minimum atomic E-state index is -0.424. The lowest BCUT2D eigenvalue weighted by Gasteiger charge is -2.21. The van der Waals surface area contributed by atoms with Crippen LogP contribution in [0.25, 0.3) is 0 Å². The van der Waals surface area contributed by atoms with Gasteiger partial charge >= 0.3 is 0 Å². The molecule has 0 fully saturated rings. The Kier molecular flexibility index (Phi) is 4.38. The Morgan fingerprint density at radius 3 is 2.40 bits per heavy atom. The van der Waals surface area contributed by atoms with Gasteiger partial charge in [0.1, 0.15) is 11.5 Å². The molecular formula is C16H17NO3. The van der Waals surface area contributed by atoms with Gasteiger partial charge in [-0.1, -0.05) is 30.3 Å². The molecule has 0 aliphatic carbocycles. The number of carbonyl (C=O) groups is 1. The Morgan fingerprint density at radius 2 is 1.75 bits per heavy atom. The van der Waals surface area contributed by atoms with Crippen molar-refractivity contribution in [1.29, 1.82) is 0 Å². The first kappa shape index (κ1) is 14.1. The fraction of sp³-hybridized carbons (Fsp3) is 0.188. The van der Waals surface area contributed by atoms with Crippen molar-refractivity contribution < 1.29 is 14.7 Å². The molecular weight excluding hydrogens is 254 g/mol. The number of carbonyl (C=O) groups excluding carboxylic acids is 1. The molecule has 4 nitrogen and oxygen atoms in total. The topological polar surface area (TPSA) is 49.8 Å². The molecule has 2 aromatic rings. The second kappa shape index (κ2) is 6.21. The number of rotatable bonds is 4. The lowest BCUT2D eigenvalue weighted by Crippen LogP contribution is -2.27. The van der Waals surface area contributed by atoms with E-state index < -0.39 is 11.9 Å². The van der Waals surface area contributed by atoms with Crippen molar-refractivity contribution in [1.82, 2.24) is 5.06 Å². The summed E-state index contributed by atoms with van der Waals surface area (Å²) in [7, 11) is 0. The maximum absolute atomic E-state index is 11.2. The van der Waals surface area contributed by atoms with Crippen molar-refractivity contribution >= 4 is 5.91 Å². The van der Waals surface area contributed by atoms with Crippen molar-refractivity contribution in [3.63, 3.8) is 0 Å². The summed E-state index contributed by atoms with van der Waals surface area (Å²) < 4.78 is 5.72. The molecule has 0 aliphatic rings. The van der Waals surface area contributed by atoms with E-state index in [0.717, 1.165) is 11.3 Å². The minimum absolute atomic E-state index is 0.396. The van der Waals surface area contributed by atoms with Crippen molar-refractivity contribution in [2.75, 3.05) is 0 Å². The fourth-order valence-electron chi connectivity index (χ4n) is 1.88. The van der Waals surface area contributed by atoms with E-state index in [1.165, 1.54) is 6.92 Å². The monoisotopic (exact) mass is 271 g/mol. The summed E-state index contributed by atoms with van der Waals surface area (Å²) in [5.41, 5.74) is 0.802. The summed E-state index contributed by atoms with van der Waals surface area (Å²) in [5, 5.41) is 10.4. The van der Waals surface area contributed by atoms with E-state index in [1.807, 2.05) is 54.6 Å².